The molecule has 0 aliphatic carbocycles. The molecule has 0 saturated heterocycles. The summed E-state index contributed by atoms with van der Waals surface area (Å²) in [7, 11) is -9.36. The van der Waals surface area contributed by atoms with Gasteiger partial charge in [-0.2, -0.15) is 16.8 Å². The highest BCUT2D eigenvalue weighted by Crippen LogP contribution is 2.22. The summed E-state index contributed by atoms with van der Waals surface area (Å²) in [6.07, 6.45) is 1.02. The predicted molar refractivity (Wildman–Crippen MR) is 58.8 cm³/mol. The average molecular weight is 306 g/mol. The van der Waals surface area contributed by atoms with Gasteiger partial charge in [0, 0.05) is 0 Å². The maximum absolute atomic E-state index is 11.2. The van der Waals surface area contributed by atoms with E-state index in [0.717, 1.165) is 23.3 Å². The van der Waals surface area contributed by atoms with Crippen molar-refractivity contribution in [3.05, 3.63) is 24.5 Å². The summed E-state index contributed by atoms with van der Waals surface area (Å²) < 4.78 is 62.2. The molecule has 0 bridgehead atoms. The molecule has 2 aromatic rings. The summed E-state index contributed by atoms with van der Waals surface area (Å²) in [5.74, 6) is 0. The first-order valence-electron chi connectivity index (χ1n) is 4.52. The van der Waals surface area contributed by atoms with Crippen LogP contribution in [0.3, 0.4) is 0 Å². The quantitative estimate of drug-likeness (QED) is 0.690. The summed E-state index contributed by atoms with van der Waals surface area (Å²) in [5.41, 5.74) is -0.215. The third-order valence-corrected chi connectivity index (χ3v) is 3.80. The second kappa shape index (κ2) is 4.34. The molecule has 1 aromatic carbocycles. The molecule has 0 aliphatic rings. The number of hydrogen-bond donors (Lipinski definition) is 2. The van der Waals surface area contributed by atoms with Gasteiger partial charge >= 0.3 is 0 Å². The molecule has 1 aromatic heterocycles. The number of aromatic nitrogens is 4. The molecule has 0 unspecified atom stereocenters. The Balaban J connectivity index is 2.78. The smallest absolute Gasteiger partial charge is 0.282 e. The van der Waals surface area contributed by atoms with E-state index in [-0.39, 0.29) is 5.69 Å². The van der Waals surface area contributed by atoms with E-state index in [4.69, 9.17) is 9.11 Å². The van der Waals surface area contributed by atoms with Crippen molar-refractivity contribution in [2.24, 2.45) is 0 Å². The lowest BCUT2D eigenvalue weighted by atomic mass is 10.3. The van der Waals surface area contributed by atoms with Crippen molar-refractivity contribution < 1.29 is 25.9 Å². The molecule has 1 heterocycles. The van der Waals surface area contributed by atoms with Gasteiger partial charge in [-0.3, -0.25) is 9.11 Å². The van der Waals surface area contributed by atoms with Gasteiger partial charge in [-0.25, -0.2) is 0 Å². The van der Waals surface area contributed by atoms with Gasteiger partial charge in [0.15, 0.2) is 6.33 Å². The molecule has 0 aliphatic heterocycles. The molecule has 0 radical (unpaired) electrons. The first kappa shape index (κ1) is 13.5. The van der Waals surface area contributed by atoms with Crippen molar-refractivity contribution in [2.75, 3.05) is 0 Å². The molecular weight excluding hydrogens is 300 g/mol. The third-order valence-electron chi connectivity index (χ3n) is 2.07. The fourth-order valence-corrected chi connectivity index (χ4v) is 2.58. The van der Waals surface area contributed by atoms with Crippen LogP contribution in [0, 0.1) is 0 Å². The molecule has 0 atom stereocenters. The van der Waals surface area contributed by atoms with E-state index in [1.165, 1.54) is 0 Å². The number of nitrogens with zero attached hydrogens (tertiary/aromatic N) is 4. The lowest BCUT2D eigenvalue weighted by molar-refractivity contribution is 0.480. The van der Waals surface area contributed by atoms with Gasteiger partial charge in [-0.1, -0.05) is 0 Å². The molecule has 19 heavy (non-hydrogen) atoms. The van der Waals surface area contributed by atoms with Crippen LogP contribution in [0.1, 0.15) is 0 Å². The number of hydrogen-bond acceptors (Lipinski definition) is 7. The highest BCUT2D eigenvalue weighted by molar-refractivity contribution is 7.86. The van der Waals surface area contributed by atoms with Gasteiger partial charge in [-0.05, 0) is 23.4 Å². The van der Waals surface area contributed by atoms with Crippen molar-refractivity contribution in [2.45, 2.75) is 9.79 Å². The Kier molecular flexibility index (Phi) is 3.09. The van der Waals surface area contributed by atoms with Crippen LogP contribution in [0.25, 0.3) is 5.69 Å². The summed E-state index contributed by atoms with van der Waals surface area (Å²) in [6, 6.07) is 2.53. The largest absolute Gasteiger partial charge is 0.296 e. The first-order valence-corrected chi connectivity index (χ1v) is 7.40. The zero-order valence-electron chi connectivity index (χ0n) is 8.94. The standard InChI is InChI=1S/C7H6N4O6S2/c12-18(13,14)5-1-2-6(11-9-4-8-10-11)7(3-5)19(15,16)17/h1-4H,(H,12,13,14)(H,15,16,17). The average Bonchev–Trinajstić information content (AvgIpc) is 2.79. The Hall–Kier alpha value is -1.89. The minimum atomic E-state index is -4.75. The summed E-state index contributed by atoms with van der Waals surface area (Å²) in [4.78, 5) is -0.693. The molecule has 102 valence electrons. The van der Waals surface area contributed by atoms with E-state index in [9.17, 15) is 16.8 Å². The third kappa shape index (κ3) is 2.76. The zero-order valence-corrected chi connectivity index (χ0v) is 10.6. The Morgan fingerprint density at radius 3 is 2.21 bits per heavy atom. The topological polar surface area (TPSA) is 152 Å². The van der Waals surface area contributed by atoms with Crippen molar-refractivity contribution in [1.82, 2.24) is 20.2 Å². The first-order chi connectivity index (χ1) is 8.69. The van der Waals surface area contributed by atoms with Crippen LogP contribution in [0.4, 0.5) is 0 Å². The van der Waals surface area contributed by atoms with E-state index < -0.39 is 30.0 Å². The van der Waals surface area contributed by atoms with Gasteiger partial charge in [-0.15, -0.1) is 15.0 Å². The fraction of sp³-hybridized carbons (Fsp3) is 0. The van der Waals surface area contributed by atoms with Gasteiger partial charge in [0.1, 0.15) is 10.6 Å². The van der Waals surface area contributed by atoms with E-state index in [1.54, 1.807) is 0 Å². The molecule has 10 nitrogen and oxygen atoms in total. The van der Waals surface area contributed by atoms with Gasteiger partial charge < -0.3 is 0 Å². The van der Waals surface area contributed by atoms with Crippen LogP contribution in [0.2, 0.25) is 0 Å². The Labute approximate surface area is 107 Å². The molecule has 2 rings (SSSR count). The van der Waals surface area contributed by atoms with E-state index in [2.05, 4.69) is 15.4 Å². The van der Waals surface area contributed by atoms with E-state index >= 15 is 0 Å². The van der Waals surface area contributed by atoms with E-state index in [0.29, 0.717) is 6.07 Å². The van der Waals surface area contributed by atoms with E-state index in [1.807, 2.05) is 0 Å². The van der Waals surface area contributed by atoms with Crippen LogP contribution in [-0.4, -0.2) is 46.1 Å². The molecule has 0 amide bonds. The van der Waals surface area contributed by atoms with Crippen LogP contribution in [-0.2, 0) is 20.2 Å². The monoisotopic (exact) mass is 306 g/mol. The van der Waals surface area contributed by atoms with Crippen LogP contribution >= 0.6 is 0 Å². The highest BCUT2D eigenvalue weighted by atomic mass is 32.2. The highest BCUT2D eigenvalue weighted by Gasteiger charge is 2.22. The van der Waals surface area contributed by atoms with Crippen molar-refractivity contribution in [3.8, 4) is 5.69 Å². The molecular formula is C7H6N4O6S2. The fourth-order valence-electron chi connectivity index (χ4n) is 1.30. The Morgan fingerprint density at radius 2 is 1.74 bits per heavy atom. The summed E-state index contributed by atoms with van der Waals surface area (Å²) in [6.45, 7) is 0. The molecule has 0 spiro atoms. The number of rotatable bonds is 3. The maximum Gasteiger partial charge on any atom is 0.296 e. The van der Waals surface area contributed by atoms with Crippen molar-refractivity contribution >= 4 is 20.2 Å². The van der Waals surface area contributed by atoms with Gasteiger partial charge in [0.2, 0.25) is 0 Å². The van der Waals surface area contributed by atoms with Crippen molar-refractivity contribution in [3.63, 3.8) is 0 Å². The second-order valence-corrected chi connectivity index (χ2v) is 6.12. The lowest BCUT2D eigenvalue weighted by Gasteiger charge is -2.06. The van der Waals surface area contributed by atoms with Crippen molar-refractivity contribution in [1.29, 1.82) is 0 Å². The maximum atomic E-state index is 11.2. The van der Waals surface area contributed by atoms with Gasteiger partial charge in [0.05, 0.1) is 4.90 Å². The minimum absolute atomic E-state index is 0.215. The molecule has 0 fully saturated rings. The molecule has 0 saturated carbocycles. The zero-order chi connectivity index (χ0) is 14.3. The normalized spacial score (nSPS) is 12.5. The second-order valence-electron chi connectivity index (χ2n) is 3.30. The summed E-state index contributed by atoms with van der Waals surface area (Å²) in [5, 5.41) is 10.3. The SMILES string of the molecule is O=S(=O)(O)c1ccc(-n2ncnn2)c(S(=O)(=O)O)c1. The number of tetrazole rings is 1. The Morgan fingerprint density at radius 1 is 1.05 bits per heavy atom. The van der Waals surface area contributed by atoms with Gasteiger partial charge in [0.25, 0.3) is 20.2 Å². The van der Waals surface area contributed by atoms with Crippen LogP contribution < -0.4 is 0 Å². The molecule has 12 heteroatoms. The molecule has 2 N–H and O–H groups in total. The van der Waals surface area contributed by atoms with Crippen LogP contribution in [0.15, 0.2) is 34.3 Å². The van der Waals surface area contributed by atoms with Crippen LogP contribution in [0.5, 0.6) is 0 Å². The lowest BCUT2D eigenvalue weighted by Crippen LogP contribution is -2.10. The predicted octanol–water partition coefficient (Wildman–Crippen LogP) is -0.844. The number of benzene rings is 1. The Bertz CT molecular complexity index is 811. The minimum Gasteiger partial charge on any atom is -0.282 e. The summed E-state index contributed by atoms with van der Waals surface area (Å²) >= 11 is 0.